The van der Waals surface area contributed by atoms with Crippen LogP contribution in [0.1, 0.15) is 40.5 Å². The van der Waals surface area contributed by atoms with E-state index in [9.17, 15) is 4.79 Å². The lowest BCUT2D eigenvalue weighted by atomic mass is 10.0. The molecular formula is C27H30N4O2. The number of carbonyl (C=O) groups excluding carboxylic acids is 1. The molecule has 0 aliphatic carbocycles. The molecule has 1 amide bonds. The van der Waals surface area contributed by atoms with Gasteiger partial charge in [-0.1, -0.05) is 29.3 Å². The quantitative estimate of drug-likeness (QED) is 0.382. The smallest absolute Gasteiger partial charge is 0.252 e. The lowest BCUT2D eigenvalue weighted by Gasteiger charge is -2.12. The minimum atomic E-state index is -0.102. The van der Waals surface area contributed by atoms with E-state index < -0.39 is 0 Å². The molecule has 4 rings (SSSR count). The Morgan fingerprint density at radius 1 is 1.03 bits per heavy atom. The van der Waals surface area contributed by atoms with Crippen molar-refractivity contribution in [3.63, 3.8) is 0 Å². The maximum atomic E-state index is 13.1. The fourth-order valence-electron chi connectivity index (χ4n) is 3.89. The number of hydrogen-bond acceptors (Lipinski definition) is 4. The van der Waals surface area contributed by atoms with Gasteiger partial charge in [0.25, 0.3) is 5.91 Å². The van der Waals surface area contributed by atoms with Crippen molar-refractivity contribution < 1.29 is 9.53 Å². The Bertz CT molecular complexity index is 1280. The second-order valence-corrected chi connectivity index (χ2v) is 8.27. The fraction of sp³-hybridized carbons (Fsp3) is 0.296. The zero-order valence-electron chi connectivity index (χ0n) is 19.7. The highest BCUT2D eigenvalue weighted by molar-refractivity contribution is 6.07. The van der Waals surface area contributed by atoms with E-state index >= 15 is 0 Å². The lowest BCUT2D eigenvalue weighted by Crippen LogP contribution is -2.25. The predicted molar refractivity (Wildman–Crippen MR) is 132 cm³/mol. The van der Waals surface area contributed by atoms with Crippen LogP contribution in [0.5, 0.6) is 0 Å². The molecule has 0 atom stereocenters. The zero-order chi connectivity index (χ0) is 23.4. The Labute approximate surface area is 194 Å². The summed E-state index contributed by atoms with van der Waals surface area (Å²) in [6.07, 6.45) is 2.60. The van der Waals surface area contributed by atoms with E-state index in [1.807, 2.05) is 55.9 Å². The van der Waals surface area contributed by atoms with Gasteiger partial charge < -0.3 is 10.1 Å². The molecule has 0 spiro atoms. The van der Waals surface area contributed by atoms with Crippen molar-refractivity contribution in [2.24, 2.45) is 0 Å². The number of nitrogens with zero attached hydrogens (tertiary/aromatic N) is 3. The molecule has 0 aliphatic rings. The van der Waals surface area contributed by atoms with Crippen molar-refractivity contribution in [1.82, 2.24) is 20.1 Å². The second-order valence-electron chi connectivity index (χ2n) is 8.27. The largest absolute Gasteiger partial charge is 0.382 e. The number of hydrogen-bond donors (Lipinski definition) is 1. The van der Waals surface area contributed by atoms with E-state index in [0.717, 1.165) is 45.5 Å². The number of aromatic nitrogens is 3. The standard InChI is InChI=1S/C27H30N4O2/c1-5-33-14-6-13-28-27(32)23-16-26(30-25-12-9-19(3)15-22(23)25)24-17-29-31(20(24)4)21-10-7-18(2)8-11-21/h7-12,15-17H,5-6,13-14H2,1-4H3,(H,28,32). The van der Waals surface area contributed by atoms with Crippen LogP contribution < -0.4 is 5.32 Å². The molecule has 0 radical (unpaired) electrons. The molecule has 0 saturated heterocycles. The van der Waals surface area contributed by atoms with Gasteiger partial charge in [-0.05, 0) is 64.4 Å². The first-order chi connectivity index (χ1) is 16.0. The minimum absolute atomic E-state index is 0.102. The third-order valence-electron chi connectivity index (χ3n) is 5.73. The number of benzene rings is 2. The summed E-state index contributed by atoms with van der Waals surface area (Å²) < 4.78 is 7.28. The molecule has 1 N–H and O–H groups in total. The number of ether oxygens (including phenoxy) is 1. The molecule has 0 unspecified atom stereocenters. The Morgan fingerprint density at radius 3 is 2.55 bits per heavy atom. The highest BCUT2D eigenvalue weighted by Gasteiger charge is 2.17. The fourth-order valence-corrected chi connectivity index (χ4v) is 3.89. The first kappa shape index (κ1) is 22.7. The lowest BCUT2D eigenvalue weighted by molar-refractivity contribution is 0.0946. The zero-order valence-corrected chi connectivity index (χ0v) is 19.7. The van der Waals surface area contributed by atoms with Crippen LogP contribution in [0.3, 0.4) is 0 Å². The molecule has 2 aromatic carbocycles. The number of nitrogens with one attached hydrogen (secondary N) is 1. The van der Waals surface area contributed by atoms with E-state index in [-0.39, 0.29) is 5.91 Å². The summed E-state index contributed by atoms with van der Waals surface area (Å²) in [6.45, 7) is 9.96. The van der Waals surface area contributed by atoms with Gasteiger partial charge in [0, 0.05) is 30.7 Å². The summed E-state index contributed by atoms with van der Waals surface area (Å²) in [5, 5.41) is 8.48. The van der Waals surface area contributed by atoms with Crippen LogP contribution in [0, 0.1) is 20.8 Å². The first-order valence-corrected chi connectivity index (χ1v) is 11.4. The number of rotatable bonds is 8. The normalized spacial score (nSPS) is 11.2. The van der Waals surface area contributed by atoms with Gasteiger partial charge in [0.05, 0.1) is 34.4 Å². The molecule has 33 heavy (non-hydrogen) atoms. The third kappa shape index (κ3) is 4.96. The third-order valence-corrected chi connectivity index (χ3v) is 5.73. The van der Waals surface area contributed by atoms with Crippen molar-refractivity contribution in [1.29, 1.82) is 0 Å². The topological polar surface area (TPSA) is 69.0 Å². The molecule has 0 saturated carbocycles. The van der Waals surface area contributed by atoms with Gasteiger partial charge in [-0.25, -0.2) is 9.67 Å². The summed E-state index contributed by atoms with van der Waals surface area (Å²) in [6, 6.07) is 16.1. The molecular weight excluding hydrogens is 412 g/mol. The van der Waals surface area contributed by atoms with Crippen LogP contribution in [-0.4, -0.2) is 40.4 Å². The number of fused-ring (bicyclic) bond motifs is 1. The van der Waals surface area contributed by atoms with Gasteiger partial charge in [0.15, 0.2) is 0 Å². The summed E-state index contributed by atoms with van der Waals surface area (Å²) in [5.41, 5.74) is 7.31. The van der Waals surface area contributed by atoms with Gasteiger partial charge in [-0.15, -0.1) is 0 Å². The molecule has 2 aromatic heterocycles. The predicted octanol–water partition coefficient (Wildman–Crippen LogP) is 5.17. The van der Waals surface area contributed by atoms with Crippen LogP contribution in [0.2, 0.25) is 0 Å². The van der Waals surface area contributed by atoms with Crippen molar-refractivity contribution >= 4 is 16.8 Å². The van der Waals surface area contributed by atoms with Gasteiger partial charge in [-0.2, -0.15) is 5.10 Å². The van der Waals surface area contributed by atoms with Crippen LogP contribution in [0.4, 0.5) is 0 Å². The monoisotopic (exact) mass is 442 g/mol. The average molecular weight is 443 g/mol. The molecule has 4 aromatic rings. The van der Waals surface area contributed by atoms with E-state index in [4.69, 9.17) is 9.72 Å². The van der Waals surface area contributed by atoms with Crippen LogP contribution in [0.25, 0.3) is 27.8 Å². The first-order valence-electron chi connectivity index (χ1n) is 11.4. The van der Waals surface area contributed by atoms with E-state index in [2.05, 4.69) is 41.6 Å². The molecule has 0 fully saturated rings. The molecule has 0 aliphatic heterocycles. The molecule has 2 heterocycles. The van der Waals surface area contributed by atoms with Crippen molar-refractivity contribution in [3.8, 4) is 16.9 Å². The van der Waals surface area contributed by atoms with Crippen molar-refractivity contribution in [2.75, 3.05) is 19.8 Å². The van der Waals surface area contributed by atoms with E-state index in [1.165, 1.54) is 5.56 Å². The summed E-state index contributed by atoms with van der Waals surface area (Å²) in [4.78, 5) is 18.0. The average Bonchev–Trinajstić information content (AvgIpc) is 3.20. The van der Waals surface area contributed by atoms with Crippen LogP contribution in [-0.2, 0) is 4.74 Å². The SMILES string of the molecule is CCOCCCNC(=O)c1cc(-c2cnn(-c3ccc(C)cc3)c2C)nc2ccc(C)cc12. The number of aryl methyl sites for hydroxylation is 2. The molecule has 0 bridgehead atoms. The van der Waals surface area contributed by atoms with Gasteiger partial charge in [0.1, 0.15) is 0 Å². The van der Waals surface area contributed by atoms with Gasteiger partial charge in [-0.3, -0.25) is 4.79 Å². The maximum Gasteiger partial charge on any atom is 0.252 e. The number of amides is 1. The summed E-state index contributed by atoms with van der Waals surface area (Å²) >= 11 is 0. The number of pyridine rings is 1. The van der Waals surface area contributed by atoms with Crippen LogP contribution in [0.15, 0.2) is 54.7 Å². The van der Waals surface area contributed by atoms with Crippen molar-refractivity contribution in [3.05, 3.63) is 77.1 Å². The summed E-state index contributed by atoms with van der Waals surface area (Å²) in [7, 11) is 0. The Kier molecular flexibility index (Phi) is 6.84. The maximum absolute atomic E-state index is 13.1. The Balaban J connectivity index is 1.71. The molecule has 6 nitrogen and oxygen atoms in total. The number of carbonyl (C=O) groups is 1. The molecule has 6 heteroatoms. The highest BCUT2D eigenvalue weighted by Crippen LogP contribution is 2.29. The Morgan fingerprint density at radius 2 is 1.79 bits per heavy atom. The molecule has 170 valence electrons. The van der Waals surface area contributed by atoms with Gasteiger partial charge >= 0.3 is 0 Å². The second kappa shape index (κ2) is 9.96. The van der Waals surface area contributed by atoms with E-state index in [0.29, 0.717) is 25.3 Å². The van der Waals surface area contributed by atoms with Crippen LogP contribution >= 0.6 is 0 Å². The van der Waals surface area contributed by atoms with E-state index in [1.54, 1.807) is 0 Å². The van der Waals surface area contributed by atoms with Gasteiger partial charge in [0.2, 0.25) is 0 Å². The minimum Gasteiger partial charge on any atom is -0.382 e. The summed E-state index contributed by atoms with van der Waals surface area (Å²) in [5.74, 6) is -0.102. The van der Waals surface area contributed by atoms with Crippen molar-refractivity contribution in [2.45, 2.75) is 34.1 Å². The highest BCUT2D eigenvalue weighted by atomic mass is 16.5. The Hall–Kier alpha value is -3.51.